The first-order chi connectivity index (χ1) is 10.4. The number of hydrogen-bond donors (Lipinski definition) is 0. The zero-order chi connectivity index (χ0) is 16.3. The summed E-state index contributed by atoms with van der Waals surface area (Å²) in [5.74, 6) is 0.656. The highest BCUT2D eigenvalue weighted by Crippen LogP contribution is 2.23. The second-order valence-corrected chi connectivity index (χ2v) is 6.33. The van der Waals surface area contributed by atoms with E-state index in [1.165, 1.54) is 11.1 Å². The number of Topliss-reactive ketones (excluding diaryl/α,β-unsaturated/α-hetero) is 1. The first-order valence-electron chi connectivity index (χ1n) is 7.79. The van der Waals surface area contributed by atoms with Gasteiger partial charge in [0.15, 0.2) is 5.78 Å². The van der Waals surface area contributed by atoms with Crippen LogP contribution in [0.25, 0.3) is 0 Å². The average molecular weight is 295 g/mol. The maximum absolute atomic E-state index is 12.5. The monoisotopic (exact) mass is 295 g/mol. The van der Waals surface area contributed by atoms with Crippen molar-refractivity contribution in [3.8, 4) is 0 Å². The molecule has 0 aliphatic carbocycles. The lowest BCUT2D eigenvalue weighted by atomic mass is 9.91. The van der Waals surface area contributed by atoms with E-state index >= 15 is 0 Å². The number of hydrogen-bond acceptors (Lipinski definition) is 2. The molecule has 0 aliphatic rings. The third-order valence-electron chi connectivity index (χ3n) is 4.17. The molecular weight excluding hydrogens is 270 g/mol. The maximum Gasteiger partial charge on any atom is 0.167 e. The van der Waals surface area contributed by atoms with Crippen LogP contribution in [0.4, 0.5) is 5.69 Å². The van der Waals surface area contributed by atoms with Crippen molar-refractivity contribution >= 4 is 11.5 Å². The number of benzene rings is 2. The molecule has 2 nitrogen and oxygen atoms in total. The molecule has 0 saturated heterocycles. The van der Waals surface area contributed by atoms with Gasteiger partial charge in [0.25, 0.3) is 0 Å². The summed E-state index contributed by atoms with van der Waals surface area (Å²) in [6.45, 7) is 6.49. The topological polar surface area (TPSA) is 20.3 Å². The molecule has 0 fully saturated rings. The highest BCUT2D eigenvalue weighted by atomic mass is 16.1. The normalized spacial score (nSPS) is 10.8. The van der Waals surface area contributed by atoms with Gasteiger partial charge in [-0.25, -0.2) is 0 Å². The lowest BCUT2D eigenvalue weighted by molar-refractivity contribution is 0.0993. The minimum absolute atomic E-state index is 0.175. The summed E-state index contributed by atoms with van der Waals surface area (Å²) >= 11 is 0. The zero-order valence-electron chi connectivity index (χ0n) is 14.2. The Hall–Kier alpha value is -2.09. The summed E-state index contributed by atoms with van der Waals surface area (Å²) in [5, 5.41) is 0. The molecule has 0 heterocycles. The number of carbonyl (C=O) groups is 1. The largest absolute Gasteiger partial charge is 0.378 e. The summed E-state index contributed by atoms with van der Waals surface area (Å²) in [7, 11) is 4.00. The molecule has 0 saturated carbocycles. The Morgan fingerprint density at radius 2 is 1.68 bits per heavy atom. The van der Waals surface area contributed by atoms with E-state index in [1.807, 2.05) is 43.3 Å². The number of anilines is 1. The maximum atomic E-state index is 12.5. The van der Waals surface area contributed by atoms with E-state index in [0.29, 0.717) is 12.3 Å². The van der Waals surface area contributed by atoms with E-state index in [2.05, 4.69) is 39.0 Å². The summed E-state index contributed by atoms with van der Waals surface area (Å²) < 4.78 is 0. The molecule has 0 aliphatic heterocycles. The van der Waals surface area contributed by atoms with Crippen LogP contribution in [0.15, 0.2) is 42.5 Å². The molecule has 2 aromatic rings. The molecule has 0 N–H and O–H groups in total. The standard InChI is InChI=1S/C20H25NO/c1-14(2)19-8-6-7-17(15(19)3)13-20(22)16-9-11-18(12-10-16)21(4)5/h6-12,14H,13H2,1-5H3. The van der Waals surface area contributed by atoms with Crippen molar-refractivity contribution in [1.82, 2.24) is 0 Å². The Morgan fingerprint density at radius 1 is 1.05 bits per heavy atom. The van der Waals surface area contributed by atoms with Gasteiger partial charge >= 0.3 is 0 Å². The molecule has 2 aromatic carbocycles. The average Bonchev–Trinajstić information content (AvgIpc) is 2.49. The third-order valence-corrected chi connectivity index (χ3v) is 4.17. The van der Waals surface area contributed by atoms with Gasteiger partial charge in [0, 0.05) is 31.8 Å². The van der Waals surface area contributed by atoms with Crippen LogP contribution < -0.4 is 4.90 Å². The van der Waals surface area contributed by atoms with Gasteiger partial charge in [-0.2, -0.15) is 0 Å². The molecule has 0 radical (unpaired) electrons. The highest BCUT2D eigenvalue weighted by Gasteiger charge is 2.12. The van der Waals surface area contributed by atoms with Crippen LogP contribution in [-0.4, -0.2) is 19.9 Å². The predicted molar refractivity (Wildman–Crippen MR) is 94.1 cm³/mol. The van der Waals surface area contributed by atoms with Gasteiger partial charge in [0.05, 0.1) is 0 Å². The van der Waals surface area contributed by atoms with E-state index < -0.39 is 0 Å². The van der Waals surface area contributed by atoms with Crippen molar-refractivity contribution in [2.45, 2.75) is 33.1 Å². The Kier molecular flexibility index (Phi) is 5.02. The predicted octanol–water partition coefficient (Wildman–Crippen LogP) is 4.61. The Bertz CT molecular complexity index is 654. The molecule has 2 rings (SSSR count). The number of carbonyl (C=O) groups excluding carboxylic acids is 1. The van der Waals surface area contributed by atoms with Crippen LogP contribution in [-0.2, 0) is 6.42 Å². The first-order valence-corrected chi connectivity index (χ1v) is 7.79. The third kappa shape index (κ3) is 3.56. The smallest absolute Gasteiger partial charge is 0.167 e. The van der Waals surface area contributed by atoms with Gasteiger partial charge in [0.1, 0.15) is 0 Å². The lowest BCUT2D eigenvalue weighted by Crippen LogP contribution is -2.10. The Morgan fingerprint density at radius 3 is 2.23 bits per heavy atom. The highest BCUT2D eigenvalue weighted by molar-refractivity contribution is 5.98. The van der Waals surface area contributed by atoms with Crippen LogP contribution in [0.5, 0.6) is 0 Å². The summed E-state index contributed by atoms with van der Waals surface area (Å²) in [5.41, 5.74) is 5.59. The number of rotatable bonds is 5. The summed E-state index contributed by atoms with van der Waals surface area (Å²) in [4.78, 5) is 14.5. The fraction of sp³-hybridized carbons (Fsp3) is 0.350. The number of nitrogens with zero attached hydrogens (tertiary/aromatic N) is 1. The molecule has 0 amide bonds. The van der Waals surface area contributed by atoms with E-state index in [-0.39, 0.29) is 5.78 Å². The number of ketones is 1. The van der Waals surface area contributed by atoms with Crippen molar-refractivity contribution < 1.29 is 4.79 Å². The molecule has 0 bridgehead atoms. The minimum atomic E-state index is 0.175. The van der Waals surface area contributed by atoms with Gasteiger partial charge in [-0.1, -0.05) is 32.0 Å². The Balaban J connectivity index is 2.20. The minimum Gasteiger partial charge on any atom is -0.378 e. The summed E-state index contributed by atoms with van der Waals surface area (Å²) in [6, 6.07) is 14.1. The molecular formula is C20H25NO. The molecule has 22 heavy (non-hydrogen) atoms. The second kappa shape index (κ2) is 6.78. The fourth-order valence-corrected chi connectivity index (χ4v) is 2.74. The van der Waals surface area contributed by atoms with Crippen molar-refractivity contribution in [3.05, 3.63) is 64.7 Å². The van der Waals surface area contributed by atoms with Crippen molar-refractivity contribution in [2.24, 2.45) is 0 Å². The molecule has 0 spiro atoms. The van der Waals surface area contributed by atoms with E-state index in [0.717, 1.165) is 16.8 Å². The van der Waals surface area contributed by atoms with Crippen LogP contribution in [0, 0.1) is 6.92 Å². The van der Waals surface area contributed by atoms with Gasteiger partial charge in [-0.15, -0.1) is 0 Å². The van der Waals surface area contributed by atoms with Crippen LogP contribution in [0.2, 0.25) is 0 Å². The second-order valence-electron chi connectivity index (χ2n) is 6.33. The quantitative estimate of drug-likeness (QED) is 0.751. The van der Waals surface area contributed by atoms with Crippen molar-refractivity contribution in [1.29, 1.82) is 0 Å². The van der Waals surface area contributed by atoms with Crippen LogP contribution in [0.3, 0.4) is 0 Å². The lowest BCUT2D eigenvalue weighted by Gasteiger charge is -2.14. The zero-order valence-corrected chi connectivity index (χ0v) is 14.2. The van der Waals surface area contributed by atoms with Gasteiger partial charge in [0.2, 0.25) is 0 Å². The van der Waals surface area contributed by atoms with E-state index in [9.17, 15) is 4.79 Å². The van der Waals surface area contributed by atoms with Crippen molar-refractivity contribution in [3.63, 3.8) is 0 Å². The SMILES string of the molecule is Cc1c(CC(=O)c2ccc(N(C)C)cc2)cccc1C(C)C. The van der Waals surface area contributed by atoms with Gasteiger partial charge < -0.3 is 4.90 Å². The van der Waals surface area contributed by atoms with Crippen LogP contribution in [0.1, 0.15) is 46.8 Å². The fourth-order valence-electron chi connectivity index (χ4n) is 2.74. The van der Waals surface area contributed by atoms with E-state index in [1.54, 1.807) is 0 Å². The van der Waals surface area contributed by atoms with Gasteiger partial charge in [-0.3, -0.25) is 4.79 Å². The van der Waals surface area contributed by atoms with Crippen LogP contribution >= 0.6 is 0 Å². The van der Waals surface area contributed by atoms with E-state index in [4.69, 9.17) is 0 Å². The van der Waals surface area contributed by atoms with Crippen molar-refractivity contribution in [2.75, 3.05) is 19.0 Å². The molecule has 0 aromatic heterocycles. The molecule has 2 heteroatoms. The Labute approximate surface area is 133 Å². The van der Waals surface area contributed by atoms with Gasteiger partial charge in [-0.05, 0) is 53.8 Å². The molecule has 0 unspecified atom stereocenters. The molecule has 0 atom stereocenters. The summed E-state index contributed by atoms with van der Waals surface area (Å²) in [6.07, 6.45) is 0.466. The first kappa shape index (κ1) is 16.3. The molecule has 116 valence electrons.